The second kappa shape index (κ2) is 11.0. The highest BCUT2D eigenvalue weighted by Gasteiger charge is 2.42. The Balaban J connectivity index is 1.55. The summed E-state index contributed by atoms with van der Waals surface area (Å²) in [6.07, 6.45) is 1.73. The molecule has 2 aromatic carbocycles. The number of furan rings is 1. The van der Waals surface area contributed by atoms with Gasteiger partial charge in [0, 0.05) is 29.2 Å². The number of thiocarbonyl (C=S) groups is 1. The van der Waals surface area contributed by atoms with Crippen molar-refractivity contribution >= 4 is 50.5 Å². The minimum Gasteiger partial charge on any atom is -0.459 e. The number of benzene rings is 2. The maximum Gasteiger partial charge on any atom is 0.250 e. The van der Waals surface area contributed by atoms with Gasteiger partial charge >= 0.3 is 0 Å². The van der Waals surface area contributed by atoms with Crippen LogP contribution < -0.4 is 15.5 Å². The number of carbonyl (C=O) groups excluding carboxylic acids is 1. The fraction of sp³-hybridized carbons (Fsp3) is 0.179. The maximum absolute atomic E-state index is 14.7. The van der Waals surface area contributed by atoms with E-state index in [9.17, 15) is 9.18 Å². The molecule has 1 aliphatic heterocycles. The van der Waals surface area contributed by atoms with Crippen molar-refractivity contribution in [2.75, 3.05) is 23.9 Å². The van der Waals surface area contributed by atoms with Crippen LogP contribution in [-0.4, -0.2) is 29.7 Å². The number of anilines is 2. The summed E-state index contributed by atoms with van der Waals surface area (Å²) in [6, 6.07) is 19.1. The molecule has 1 fully saturated rings. The Morgan fingerprint density at radius 2 is 2.05 bits per heavy atom. The first kappa shape index (κ1) is 26.0. The van der Waals surface area contributed by atoms with Crippen LogP contribution in [0.1, 0.15) is 29.1 Å². The minimum absolute atomic E-state index is 0.0328. The monoisotopic (exact) mass is 594 g/mol. The summed E-state index contributed by atoms with van der Waals surface area (Å²) in [7, 11) is 1.47. The zero-order valence-corrected chi connectivity index (χ0v) is 23.0. The maximum atomic E-state index is 14.7. The largest absolute Gasteiger partial charge is 0.459 e. The van der Waals surface area contributed by atoms with E-state index in [-0.39, 0.29) is 24.4 Å². The van der Waals surface area contributed by atoms with Crippen LogP contribution in [0.4, 0.5) is 15.8 Å². The molecule has 0 spiro atoms. The third kappa shape index (κ3) is 5.20. The predicted octanol–water partition coefficient (Wildman–Crippen LogP) is 6.31. The van der Waals surface area contributed by atoms with E-state index in [0.29, 0.717) is 32.4 Å². The molecule has 7 nitrogen and oxygen atoms in total. The van der Waals surface area contributed by atoms with Crippen LogP contribution in [0.2, 0.25) is 0 Å². The first-order chi connectivity index (χ1) is 18.4. The highest BCUT2D eigenvalue weighted by molar-refractivity contribution is 9.10. The summed E-state index contributed by atoms with van der Waals surface area (Å²) in [5, 5.41) is 6.73. The zero-order valence-electron chi connectivity index (χ0n) is 20.6. The van der Waals surface area contributed by atoms with E-state index in [1.807, 2.05) is 54.3 Å². The zero-order chi connectivity index (χ0) is 26.8. The molecule has 2 aromatic heterocycles. The molecule has 3 heterocycles. The molecule has 0 unspecified atom stereocenters. The van der Waals surface area contributed by atoms with Crippen molar-refractivity contribution < 1.29 is 18.3 Å². The van der Waals surface area contributed by atoms with Gasteiger partial charge in [-0.3, -0.25) is 9.78 Å². The van der Waals surface area contributed by atoms with E-state index in [0.717, 1.165) is 16.9 Å². The Kier molecular flexibility index (Phi) is 7.55. The SMILES string of the molecule is COCC(=O)Nc1ccc(N2C(=S)N[C@H](c3ccccn3)[C@@H]2c2ccc(-c3ccc(Br)cc3F)o2)cc1C. The number of methoxy groups -OCH3 is 1. The number of amides is 1. The Labute approximate surface area is 233 Å². The summed E-state index contributed by atoms with van der Waals surface area (Å²) >= 11 is 9.08. The first-order valence-electron chi connectivity index (χ1n) is 11.8. The minimum atomic E-state index is -0.405. The second-order valence-electron chi connectivity index (χ2n) is 8.80. The van der Waals surface area contributed by atoms with Gasteiger partial charge in [0.1, 0.15) is 30.0 Å². The highest BCUT2D eigenvalue weighted by atomic mass is 79.9. The molecule has 0 saturated carbocycles. The van der Waals surface area contributed by atoms with E-state index >= 15 is 0 Å². The van der Waals surface area contributed by atoms with Crippen molar-refractivity contribution in [1.29, 1.82) is 0 Å². The number of rotatable bonds is 7. The molecule has 0 radical (unpaired) electrons. The van der Waals surface area contributed by atoms with Crippen LogP contribution in [0.5, 0.6) is 0 Å². The van der Waals surface area contributed by atoms with Crippen LogP contribution in [0.15, 0.2) is 81.8 Å². The van der Waals surface area contributed by atoms with E-state index in [4.69, 9.17) is 21.4 Å². The number of nitrogens with zero attached hydrogens (tertiary/aromatic N) is 2. The lowest BCUT2D eigenvalue weighted by molar-refractivity contribution is -0.119. The summed E-state index contributed by atoms with van der Waals surface area (Å²) in [5.74, 6) is 0.383. The quantitative estimate of drug-likeness (QED) is 0.243. The van der Waals surface area contributed by atoms with Gasteiger partial charge in [-0.2, -0.15) is 0 Å². The van der Waals surface area contributed by atoms with E-state index in [2.05, 4.69) is 31.5 Å². The molecule has 4 aromatic rings. The normalized spacial score (nSPS) is 16.9. The average Bonchev–Trinajstić information content (AvgIpc) is 3.50. The lowest BCUT2D eigenvalue weighted by Gasteiger charge is -2.27. The van der Waals surface area contributed by atoms with Crippen LogP contribution in [0.3, 0.4) is 0 Å². The van der Waals surface area contributed by atoms with E-state index < -0.39 is 6.04 Å². The summed E-state index contributed by atoms with van der Waals surface area (Å²) in [5.41, 5.74) is 3.49. The van der Waals surface area contributed by atoms with Gasteiger partial charge < -0.3 is 24.7 Å². The van der Waals surface area contributed by atoms with Crippen LogP contribution in [0.25, 0.3) is 11.3 Å². The van der Waals surface area contributed by atoms with Gasteiger partial charge in [0.25, 0.3) is 0 Å². The number of aryl methyl sites for hydroxylation is 1. The molecule has 2 atom stereocenters. The molecule has 5 rings (SSSR count). The van der Waals surface area contributed by atoms with Crippen molar-refractivity contribution in [2.24, 2.45) is 0 Å². The average molecular weight is 595 g/mol. The van der Waals surface area contributed by atoms with Gasteiger partial charge in [-0.05, 0) is 85.4 Å². The van der Waals surface area contributed by atoms with Gasteiger partial charge in [0.15, 0.2) is 5.11 Å². The molecule has 1 saturated heterocycles. The van der Waals surface area contributed by atoms with Gasteiger partial charge in [-0.15, -0.1) is 0 Å². The standard InChI is InChI=1S/C28H24BrFN4O3S/c1-16-13-18(7-9-21(16)32-25(35)15-36-2)34-27(26(33-28(34)38)22-5-3-4-12-31-22)24-11-10-23(37-24)19-8-6-17(29)14-20(19)30/h3-14,26-27H,15H2,1-2H3,(H,32,35)(H,33,38)/t26-,27+/m1/s1. The van der Waals surface area contributed by atoms with Crippen molar-refractivity contribution in [3.63, 3.8) is 0 Å². The first-order valence-corrected chi connectivity index (χ1v) is 13.0. The Bertz CT molecular complexity index is 1500. The molecule has 1 amide bonds. The number of hydrogen-bond donors (Lipinski definition) is 2. The molecular formula is C28H24BrFN4O3S. The smallest absolute Gasteiger partial charge is 0.250 e. The fourth-order valence-corrected chi connectivity index (χ4v) is 5.20. The predicted molar refractivity (Wildman–Crippen MR) is 151 cm³/mol. The topological polar surface area (TPSA) is 79.6 Å². The van der Waals surface area contributed by atoms with Crippen molar-refractivity contribution in [2.45, 2.75) is 19.0 Å². The highest BCUT2D eigenvalue weighted by Crippen LogP contribution is 2.43. The van der Waals surface area contributed by atoms with E-state index in [1.165, 1.54) is 13.2 Å². The van der Waals surface area contributed by atoms with Gasteiger partial charge in [-0.1, -0.05) is 22.0 Å². The summed E-state index contributed by atoms with van der Waals surface area (Å²) < 4.78 is 26.5. The second-order valence-corrected chi connectivity index (χ2v) is 10.1. The number of hydrogen-bond acceptors (Lipinski definition) is 5. The number of ether oxygens (including phenoxy) is 1. The van der Waals surface area contributed by atoms with Gasteiger partial charge in [0.05, 0.1) is 17.3 Å². The van der Waals surface area contributed by atoms with Gasteiger partial charge in [-0.25, -0.2) is 4.39 Å². The molecule has 1 aliphatic rings. The van der Waals surface area contributed by atoms with Crippen molar-refractivity contribution in [3.8, 4) is 11.3 Å². The molecule has 0 bridgehead atoms. The Hall–Kier alpha value is -3.60. The fourth-order valence-electron chi connectivity index (χ4n) is 4.52. The van der Waals surface area contributed by atoms with Crippen LogP contribution in [-0.2, 0) is 9.53 Å². The lowest BCUT2D eigenvalue weighted by atomic mass is 10.0. The van der Waals surface area contributed by atoms with E-state index in [1.54, 1.807) is 24.4 Å². The summed E-state index contributed by atoms with van der Waals surface area (Å²) in [4.78, 5) is 18.5. The molecule has 2 N–H and O–H groups in total. The Morgan fingerprint density at radius 1 is 1.21 bits per heavy atom. The molecule has 0 aliphatic carbocycles. The summed E-state index contributed by atoms with van der Waals surface area (Å²) in [6.45, 7) is 1.87. The molecular weight excluding hydrogens is 571 g/mol. The van der Waals surface area contributed by atoms with Gasteiger partial charge in [0.2, 0.25) is 5.91 Å². The van der Waals surface area contributed by atoms with Crippen LogP contribution >= 0.6 is 28.1 Å². The Morgan fingerprint density at radius 3 is 2.76 bits per heavy atom. The number of carbonyl (C=O) groups is 1. The lowest BCUT2D eigenvalue weighted by Crippen LogP contribution is -2.29. The molecule has 194 valence electrons. The number of aromatic nitrogens is 1. The van der Waals surface area contributed by atoms with Crippen LogP contribution in [0, 0.1) is 12.7 Å². The molecule has 10 heteroatoms. The third-order valence-electron chi connectivity index (χ3n) is 6.25. The number of halogens is 2. The number of pyridine rings is 1. The number of nitrogens with one attached hydrogen (secondary N) is 2. The molecule has 38 heavy (non-hydrogen) atoms. The third-order valence-corrected chi connectivity index (χ3v) is 7.06. The van der Waals surface area contributed by atoms with Crippen molar-refractivity contribution in [1.82, 2.24) is 10.3 Å². The van der Waals surface area contributed by atoms with Crippen molar-refractivity contribution in [3.05, 3.63) is 100 Å².